The molecule has 7 heteroatoms. The minimum Gasteiger partial charge on any atom is -0.449 e. The number of thioether (sulfide) groups is 1. The summed E-state index contributed by atoms with van der Waals surface area (Å²) in [7, 11) is 0. The molecule has 1 aliphatic heterocycles. The lowest BCUT2D eigenvalue weighted by molar-refractivity contribution is 0.107. The third kappa shape index (κ3) is 4.30. The summed E-state index contributed by atoms with van der Waals surface area (Å²) in [6, 6.07) is 9.88. The van der Waals surface area contributed by atoms with Gasteiger partial charge in [0.05, 0.1) is 6.61 Å². The van der Waals surface area contributed by atoms with E-state index in [0.717, 1.165) is 5.75 Å². The molecular formula is C15H20N2O4S. The van der Waals surface area contributed by atoms with Crippen LogP contribution in [0.1, 0.15) is 19.4 Å². The van der Waals surface area contributed by atoms with Crippen LogP contribution in [-0.2, 0) is 15.2 Å². The Hall–Kier alpha value is -1.89. The zero-order chi connectivity index (χ0) is 15.9. The summed E-state index contributed by atoms with van der Waals surface area (Å²) < 4.78 is 9.84. The largest absolute Gasteiger partial charge is 0.449 e. The van der Waals surface area contributed by atoms with Gasteiger partial charge in [0.1, 0.15) is 12.6 Å². The van der Waals surface area contributed by atoms with Crippen molar-refractivity contribution < 1.29 is 19.1 Å². The molecule has 0 unspecified atom stereocenters. The molecule has 0 bridgehead atoms. The van der Waals surface area contributed by atoms with Crippen LogP contribution >= 0.6 is 11.8 Å². The van der Waals surface area contributed by atoms with Gasteiger partial charge in [0.15, 0.2) is 0 Å². The number of carbonyl (C=O) groups excluding carboxylic acids is 2. The monoisotopic (exact) mass is 324 g/mol. The lowest BCUT2D eigenvalue weighted by Gasteiger charge is -2.25. The molecule has 1 aliphatic rings. The number of cyclic esters (lactones) is 1. The Morgan fingerprint density at radius 2 is 2.23 bits per heavy atom. The van der Waals surface area contributed by atoms with Gasteiger partial charge in [0, 0.05) is 11.0 Å². The van der Waals surface area contributed by atoms with E-state index in [1.165, 1.54) is 10.6 Å². The molecule has 0 aromatic heterocycles. The van der Waals surface area contributed by atoms with Gasteiger partial charge in [0.2, 0.25) is 0 Å². The Kier molecular flexibility index (Phi) is 5.94. The van der Waals surface area contributed by atoms with Gasteiger partial charge in [0.25, 0.3) is 0 Å². The van der Waals surface area contributed by atoms with E-state index in [4.69, 9.17) is 9.47 Å². The second kappa shape index (κ2) is 7.93. The van der Waals surface area contributed by atoms with E-state index in [1.54, 1.807) is 18.7 Å². The van der Waals surface area contributed by atoms with E-state index in [1.807, 2.05) is 25.1 Å². The van der Waals surface area contributed by atoms with Crippen LogP contribution in [0.25, 0.3) is 0 Å². The number of nitrogens with zero attached hydrogens (tertiary/aromatic N) is 1. The molecule has 0 spiro atoms. The SMILES string of the molecule is CCOC(=O)NN1C(=O)OC[C@@H]1[C@@H](C)SCc1ccccc1. The lowest BCUT2D eigenvalue weighted by Crippen LogP contribution is -2.51. The number of hydrazine groups is 1. The van der Waals surface area contributed by atoms with Crippen molar-refractivity contribution in [3.05, 3.63) is 35.9 Å². The van der Waals surface area contributed by atoms with Crippen LogP contribution in [-0.4, -0.2) is 41.7 Å². The first-order valence-corrected chi connectivity index (χ1v) is 8.21. The molecule has 2 amide bonds. The Morgan fingerprint density at radius 1 is 1.50 bits per heavy atom. The van der Waals surface area contributed by atoms with Crippen LogP contribution in [0.4, 0.5) is 9.59 Å². The van der Waals surface area contributed by atoms with Crippen LogP contribution in [0, 0.1) is 0 Å². The maximum atomic E-state index is 11.7. The van der Waals surface area contributed by atoms with E-state index >= 15 is 0 Å². The van der Waals surface area contributed by atoms with Crippen molar-refractivity contribution in [2.45, 2.75) is 30.9 Å². The van der Waals surface area contributed by atoms with Crippen LogP contribution in [0.3, 0.4) is 0 Å². The lowest BCUT2D eigenvalue weighted by atomic mass is 10.2. The first-order chi connectivity index (χ1) is 10.6. The molecule has 1 aromatic rings. The maximum Gasteiger partial charge on any atom is 0.429 e. The van der Waals surface area contributed by atoms with Gasteiger partial charge < -0.3 is 9.47 Å². The zero-order valence-corrected chi connectivity index (χ0v) is 13.5. The van der Waals surface area contributed by atoms with Gasteiger partial charge in [-0.3, -0.25) is 0 Å². The summed E-state index contributed by atoms with van der Waals surface area (Å²) in [5.41, 5.74) is 3.66. The first kappa shape index (κ1) is 16.5. The predicted molar refractivity (Wildman–Crippen MR) is 84.3 cm³/mol. The summed E-state index contributed by atoms with van der Waals surface area (Å²) in [6.45, 7) is 4.23. The molecule has 2 atom stereocenters. The Balaban J connectivity index is 1.90. The molecular weight excluding hydrogens is 304 g/mol. The number of hydrogen-bond donors (Lipinski definition) is 1. The number of rotatable bonds is 6. The highest BCUT2D eigenvalue weighted by molar-refractivity contribution is 7.99. The first-order valence-electron chi connectivity index (χ1n) is 7.16. The fourth-order valence-corrected chi connectivity index (χ4v) is 3.16. The van der Waals surface area contributed by atoms with Crippen LogP contribution < -0.4 is 5.43 Å². The van der Waals surface area contributed by atoms with E-state index in [2.05, 4.69) is 17.6 Å². The number of amides is 2. The quantitative estimate of drug-likeness (QED) is 0.871. The Bertz CT molecular complexity index is 512. The highest BCUT2D eigenvalue weighted by atomic mass is 32.2. The average molecular weight is 324 g/mol. The number of benzene rings is 1. The maximum absolute atomic E-state index is 11.7. The molecule has 1 N–H and O–H groups in total. The molecule has 1 saturated heterocycles. The molecule has 1 fully saturated rings. The summed E-state index contributed by atoms with van der Waals surface area (Å²) in [4.78, 5) is 23.2. The molecule has 0 radical (unpaired) electrons. The summed E-state index contributed by atoms with van der Waals surface area (Å²) in [5, 5.41) is 1.33. The topological polar surface area (TPSA) is 67.9 Å². The minimum atomic E-state index is -0.647. The molecule has 6 nitrogen and oxygen atoms in total. The molecule has 1 heterocycles. The normalized spacial score (nSPS) is 18.7. The third-order valence-electron chi connectivity index (χ3n) is 3.29. The summed E-state index contributed by atoms with van der Waals surface area (Å²) >= 11 is 1.71. The molecule has 2 rings (SSSR count). The van der Waals surface area contributed by atoms with Crippen molar-refractivity contribution in [2.75, 3.05) is 13.2 Å². The fraction of sp³-hybridized carbons (Fsp3) is 0.467. The number of nitrogens with one attached hydrogen (secondary N) is 1. The molecule has 120 valence electrons. The highest BCUT2D eigenvalue weighted by Gasteiger charge is 2.38. The molecule has 0 saturated carbocycles. The minimum absolute atomic E-state index is 0.105. The van der Waals surface area contributed by atoms with Crippen LogP contribution in [0.2, 0.25) is 0 Å². The van der Waals surface area contributed by atoms with Gasteiger partial charge in [-0.2, -0.15) is 11.8 Å². The summed E-state index contributed by atoms with van der Waals surface area (Å²) in [5.74, 6) is 0.833. The second-order valence-electron chi connectivity index (χ2n) is 4.85. The van der Waals surface area contributed by atoms with E-state index in [9.17, 15) is 9.59 Å². The van der Waals surface area contributed by atoms with Gasteiger partial charge in [-0.05, 0) is 12.5 Å². The Morgan fingerprint density at radius 3 is 2.91 bits per heavy atom. The van der Waals surface area contributed by atoms with Crippen molar-refractivity contribution in [3.63, 3.8) is 0 Å². The molecule has 1 aromatic carbocycles. The fourth-order valence-electron chi connectivity index (χ4n) is 2.08. The van der Waals surface area contributed by atoms with Crippen molar-refractivity contribution in [1.29, 1.82) is 0 Å². The van der Waals surface area contributed by atoms with Crippen molar-refractivity contribution >= 4 is 23.9 Å². The zero-order valence-electron chi connectivity index (χ0n) is 12.7. The van der Waals surface area contributed by atoms with Gasteiger partial charge in [-0.1, -0.05) is 37.3 Å². The van der Waals surface area contributed by atoms with Crippen LogP contribution in [0.5, 0.6) is 0 Å². The smallest absolute Gasteiger partial charge is 0.429 e. The van der Waals surface area contributed by atoms with Crippen molar-refractivity contribution in [1.82, 2.24) is 10.4 Å². The molecule has 22 heavy (non-hydrogen) atoms. The predicted octanol–water partition coefficient (Wildman–Crippen LogP) is 2.79. The highest BCUT2D eigenvalue weighted by Crippen LogP contribution is 2.25. The van der Waals surface area contributed by atoms with E-state index < -0.39 is 12.2 Å². The van der Waals surface area contributed by atoms with Crippen LogP contribution in [0.15, 0.2) is 30.3 Å². The van der Waals surface area contributed by atoms with Crippen molar-refractivity contribution in [3.8, 4) is 0 Å². The van der Waals surface area contributed by atoms with Gasteiger partial charge in [-0.25, -0.2) is 20.0 Å². The van der Waals surface area contributed by atoms with Gasteiger partial charge >= 0.3 is 12.2 Å². The second-order valence-corrected chi connectivity index (χ2v) is 6.21. The third-order valence-corrected chi connectivity index (χ3v) is 4.63. The molecule has 0 aliphatic carbocycles. The van der Waals surface area contributed by atoms with E-state index in [-0.39, 0.29) is 24.5 Å². The van der Waals surface area contributed by atoms with E-state index in [0.29, 0.717) is 0 Å². The average Bonchev–Trinajstić information content (AvgIpc) is 2.87. The van der Waals surface area contributed by atoms with Gasteiger partial charge in [-0.15, -0.1) is 0 Å². The van der Waals surface area contributed by atoms with Crippen molar-refractivity contribution in [2.24, 2.45) is 0 Å². The Labute approximate surface area is 134 Å². The number of hydrogen-bond acceptors (Lipinski definition) is 5. The number of carbonyl (C=O) groups is 2. The summed E-state index contributed by atoms with van der Waals surface area (Å²) in [6.07, 6.45) is -1.20. The number of ether oxygens (including phenoxy) is 2. The standard InChI is InChI=1S/C15H20N2O4S/c1-3-20-14(18)16-17-13(9-21-15(17)19)11(2)22-10-12-7-5-4-6-8-12/h4-8,11,13H,3,9-10H2,1-2H3,(H,16,18)/t11-,13-/m1/s1.